The van der Waals surface area contributed by atoms with Gasteiger partial charge in [-0.05, 0) is 104 Å². The van der Waals surface area contributed by atoms with Gasteiger partial charge < -0.3 is 8.46 Å². The molecule has 0 heterocycles. The van der Waals surface area contributed by atoms with Gasteiger partial charge >= 0.3 is 0 Å². The molecule has 0 saturated heterocycles. The Hall–Kier alpha value is 0.788. The summed E-state index contributed by atoms with van der Waals surface area (Å²) in [5, 5.41) is 0. The molecule has 1 aliphatic rings. The van der Waals surface area contributed by atoms with E-state index in [0.717, 1.165) is 12.1 Å². The van der Waals surface area contributed by atoms with Crippen LogP contribution in [-0.2, 0) is 0 Å². The van der Waals surface area contributed by atoms with Crippen molar-refractivity contribution in [3.8, 4) is 0 Å². The molecule has 36 heavy (non-hydrogen) atoms. The summed E-state index contributed by atoms with van der Waals surface area (Å²) in [6, 6.07) is 19.4. The predicted octanol–water partition coefficient (Wildman–Crippen LogP) is 10.9. The Kier molecular flexibility index (Phi) is 15.0. The van der Waals surface area contributed by atoms with Gasteiger partial charge in [0.25, 0.3) is 0 Å². The number of nitrogens with zero attached hydrogens (tertiary/aromatic N) is 2. The molecule has 1 rings (SSSR count). The van der Waals surface area contributed by atoms with Crippen LogP contribution in [0.1, 0.15) is 109 Å². The van der Waals surface area contributed by atoms with Crippen molar-refractivity contribution in [1.29, 1.82) is 0 Å². The van der Waals surface area contributed by atoms with Crippen LogP contribution in [0.25, 0.3) is 0 Å². The largest absolute Gasteiger partial charge is 0.342 e. The van der Waals surface area contributed by atoms with Crippen molar-refractivity contribution in [2.75, 3.05) is 0 Å². The molecule has 0 aromatic rings. The number of hydrogen-bond donors (Lipinski definition) is 0. The van der Waals surface area contributed by atoms with Crippen LogP contribution in [0.2, 0.25) is 72.5 Å². The van der Waals surface area contributed by atoms with E-state index in [9.17, 15) is 0 Å². The summed E-state index contributed by atoms with van der Waals surface area (Å²) in [7, 11) is -5.76. The predicted molar refractivity (Wildman–Crippen MR) is 179 cm³/mol. The molecular formula is C30H70N2Si4. The Morgan fingerprint density at radius 2 is 0.583 bits per heavy atom. The zero-order chi connectivity index (χ0) is 27.6. The molecule has 0 spiro atoms. The number of rotatable bonds is 18. The van der Waals surface area contributed by atoms with Crippen LogP contribution in [0, 0.1) is 0 Å². The van der Waals surface area contributed by atoms with Crippen molar-refractivity contribution >= 4 is 32.9 Å². The first-order chi connectivity index (χ1) is 17.2. The lowest BCUT2D eigenvalue weighted by Gasteiger charge is -2.61. The maximum absolute atomic E-state index is 3.49. The van der Waals surface area contributed by atoms with Gasteiger partial charge in [0, 0.05) is 0 Å². The molecule has 0 amide bonds. The quantitative estimate of drug-likeness (QED) is 0.151. The van der Waals surface area contributed by atoms with Crippen LogP contribution in [0.4, 0.5) is 0 Å². The zero-order valence-corrected chi connectivity index (χ0v) is 31.4. The fraction of sp³-hybridized carbons (Fsp3) is 1.00. The van der Waals surface area contributed by atoms with Crippen LogP contribution in [0.5, 0.6) is 0 Å². The first-order valence-corrected chi connectivity index (χ1v) is 27.0. The minimum absolute atomic E-state index is 0.874. The summed E-state index contributed by atoms with van der Waals surface area (Å²) in [5.41, 5.74) is 0. The van der Waals surface area contributed by atoms with E-state index in [1.807, 2.05) is 0 Å². The Morgan fingerprint density at radius 3 is 0.750 bits per heavy atom. The van der Waals surface area contributed by atoms with Crippen molar-refractivity contribution < 1.29 is 0 Å². The fourth-order valence-corrected chi connectivity index (χ4v) is 37.1. The third kappa shape index (κ3) is 6.40. The average Bonchev–Trinajstić information content (AvgIpc) is 2.95. The molecule has 0 aromatic carbocycles. The lowest BCUT2D eigenvalue weighted by atomic mass is 9.92. The molecule has 0 aromatic heterocycles. The van der Waals surface area contributed by atoms with E-state index in [1.54, 1.807) is 0 Å². The minimum Gasteiger partial charge on any atom is -0.342 e. The first kappa shape index (κ1) is 34.8. The molecule has 2 nitrogen and oxygen atoms in total. The molecule has 0 aliphatic heterocycles. The summed E-state index contributed by atoms with van der Waals surface area (Å²) in [5.74, 6) is 0. The molecule has 0 bridgehead atoms. The molecule has 0 N–H and O–H groups in total. The monoisotopic (exact) mass is 570 g/mol. The third-order valence-corrected chi connectivity index (χ3v) is 39.3. The van der Waals surface area contributed by atoms with Gasteiger partial charge in [0.2, 0.25) is 0 Å². The summed E-state index contributed by atoms with van der Waals surface area (Å²) in [6.07, 6.45) is 5.97. The van der Waals surface area contributed by atoms with Crippen LogP contribution >= 0.6 is 0 Å². The van der Waals surface area contributed by atoms with Gasteiger partial charge in [0.15, 0.2) is 0 Å². The second kappa shape index (κ2) is 15.5. The third-order valence-electron chi connectivity index (χ3n) is 12.3. The fourth-order valence-electron chi connectivity index (χ4n) is 9.21. The topological polar surface area (TPSA) is 6.48 Å². The number of hydrogen-bond acceptors (Lipinski definition) is 2. The van der Waals surface area contributed by atoms with Gasteiger partial charge in [-0.3, -0.25) is 0 Å². The van der Waals surface area contributed by atoms with Gasteiger partial charge in [-0.15, -0.1) is 0 Å². The highest BCUT2D eigenvalue weighted by atomic mass is 28.4. The summed E-state index contributed by atoms with van der Waals surface area (Å²) < 4.78 is 6.98. The highest BCUT2D eigenvalue weighted by molar-refractivity contribution is 6.93. The van der Waals surface area contributed by atoms with Crippen LogP contribution in [0.15, 0.2) is 0 Å². The van der Waals surface area contributed by atoms with E-state index in [4.69, 9.17) is 0 Å². The van der Waals surface area contributed by atoms with Crippen LogP contribution < -0.4 is 0 Å². The van der Waals surface area contributed by atoms with Gasteiger partial charge in [-0.2, -0.15) is 0 Å². The van der Waals surface area contributed by atoms with Crippen molar-refractivity contribution in [3.05, 3.63) is 0 Å². The highest BCUT2D eigenvalue weighted by Gasteiger charge is 2.53. The SMILES string of the molecule is CC[Si](CC)(CC)N(C1CCCC(N([Si](CC)(CC)CC)[Si](CC)(CC)CC)C1)[Si](CC)(CC)CC. The van der Waals surface area contributed by atoms with Gasteiger partial charge in [-0.1, -0.05) is 89.5 Å². The lowest BCUT2D eigenvalue weighted by molar-refractivity contribution is 0.233. The molecule has 1 aliphatic carbocycles. The maximum Gasteiger partial charge on any atom is 0.121 e. The normalized spacial score (nSPS) is 20.5. The van der Waals surface area contributed by atoms with Gasteiger partial charge in [0.05, 0.1) is 0 Å². The molecule has 216 valence electrons. The smallest absolute Gasteiger partial charge is 0.121 e. The van der Waals surface area contributed by atoms with Crippen molar-refractivity contribution in [1.82, 2.24) is 8.46 Å². The molecule has 1 saturated carbocycles. The second-order valence-electron chi connectivity index (χ2n) is 12.4. The standard InChI is InChI=1S/C30H70N2Si4/c1-13-33(14-2,15-3)31(34(16-4,17-5)18-6)29-26-25-27-30(28-29)32(35(19-7,20-8)21-9)36(22-10,23-11)24-12/h29-30H,13-28H2,1-12H3. The Labute approximate surface area is 234 Å². The highest BCUT2D eigenvalue weighted by Crippen LogP contribution is 2.45. The second-order valence-corrected chi connectivity index (χ2v) is 33.5. The van der Waals surface area contributed by atoms with E-state index < -0.39 is 32.9 Å². The van der Waals surface area contributed by atoms with E-state index >= 15 is 0 Å². The van der Waals surface area contributed by atoms with Gasteiger partial charge in [0.1, 0.15) is 32.9 Å². The minimum atomic E-state index is -1.44. The lowest BCUT2D eigenvalue weighted by Crippen LogP contribution is -2.73. The molecule has 2 unspecified atom stereocenters. The summed E-state index contributed by atoms with van der Waals surface area (Å²) in [4.78, 5) is 0. The molecule has 2 atom stereocenters. The van der Waals surface area contributed by atoms with Crippen molar-refractivity contribution in [2.45, 2.75) is 193 Å². The van der Waals surface area contributed by atoms with Crippen molar-refractivity contribution in [3.63, 3.8) is 0 Å². The van der Waals surface area contributed by atoms with Crippen LogP contribution in [-0.4, -0.2) is 53.5 Å². The Morgan fingerprint density at radius 1 is 0.389 bits per heavy atom. The van der Waals surface area contributed by atoms with Crippen molar-refractivity contribution in [2.24, 2.45) is 0 Å². The Bertz CT molecular complexity index is 475. The Balaban J connectivity index is 3.74. The van der Waals surface area contributed by atoms with Gasteiger partial charge in [-0.25, -0.2) is 0 Å². The maximum atomic E-state index is 3.49. The molecule has 1 fully saturated rings. The molecule has 6 heteroatoms. The summed E-state index contributed by atoms with van der Waals surface area (Å²) in [6.45, 7) is 30.9. The van der Waals surface area contributed by atoms with E-state index in [-0.39, 0.29) is 0 Å². The average molecular weight is 571 g/mol. The van der Waals surface area contributed by atoms with E-state index in [1.165, 1.54) is 98.2 Å². The van der Waals surface area contributed by atoms with E-state index in [2.05, 4.69) is 91.5 Å². The zero-order valence-electron chi connectivity index (χ0n) is 27.4. The molecular weight excluding hydrogens is 501 g/mol. The molecule has 0 radical (unpaired) electrons. The first-order valence-electron chi connectivity index (χ1n) is 16.8. The summed E-state index contributed by atoms with van der Waals surface area (Å²) >= 11 is 0. The van der Waals surface area contributed by atoms with Crippen LogP contribution in [0.3, 0.4) is 0 Å². The van der Waals surface area contributed by atoms with E-state index in [0.29, 0.717) is 0 Å².